The Hall–Kier alpha value is -3.92. The van der Waals surface area contributed by atoms with Crippen LogP contribution in [0.3, 0.4) is 0 Å². The van der Waals surface area contributed by atoms with Crippen LogP contribution in [0, 0.1) is 0 Å². The van der Waals surface area contributed by atoms with Crippen molar-refractivity contribution in [2.75, 3.05) is 18.2 Å². The van der Waals surface area contributed by atoms with Crippen molar-refractivity contribution in [3.8, 4) is 17.3 Å². The maximum atomic E-state index is 12.7. The van der Waals surface area contributed by atoms with Gasteiger partial charge < -0.3 is 19.0 Å². The lowest BCUT2D eigenvalue weighted by atomic mass is 10.1. The number of aromatic nitrogens is 5. The molecule has 1 N–H and O–H groups in total. The van der Waals surface area contributed by atoms with E-state index in [1.165, 1.54) is 11.8 Å². The molecule has 3 aromatic heterocycles. The van der Waals surface area contributed by atoms with Gasteiger partial charge in [-0.25, -0.2) is 4.98 Å². The minimum Gasteiger partial charge on any atom is -0.495 e. The molecule has 1 amide bonds. The number of anilines is 1. The largest absolute Gasteiger partial charge is 0.495 e. The molecule has 0 saturated carbocycles. The number of rotatable bonds is 7. The lowest BCUT2D eigenvalue weighted by molar-refractivity contribution is -0.113. The maximum absolute atomic E-state index is 12.7. The smallest absolute Gasteiger partial charge is 0.234 e. The molecule has 0 bridgehead atoms. The van der Waals surface area contributed by atoms with E-state index >= 15 is 0 Å². The van der Waals surface area contributed by atoms with Crippen molar-refractivity contribution in [2.24, 2.45) is 0 Å². The van der Waals surface area contributed by atoms with Gasteiger partial charge in [-0.1, -0.05) is 30.0 Å². The molecule has 5 rings (SSSR count). The topological polar surface area (TPSA) is 108 Å². The summed E-state index contributed by atoms with van der Waals surface area (Å²) in [5.74, 6) is 1.14. The average molecular weight is 461 g/mol. The van der Waals surface area contributed by atoms with Gasteiger partial charge in [0, 0.05) is 35.8 Å². The van der Waals surface area contributed by atoms with Crippen LogP contribution in [0.2, 0.25) is 0 Å². The van der Waals surface area contributed by atoms with Gasteiger partial charge in [-0.15, -0.1) is 10.2 Å². The molecule has 166 valence electrons. The molecule has 3 heterocycles. The number of hydrogen-bond acceptors (Lipinski definition) is 8. The summed E-state index contributed by atoms with van der Waals surface area (Å²) in [6.45, 7) is 2.63. The highest BCUT2D eigenvalue weighted by Crippen LogP contribution is 2.36. The van der Waals surface area contributed by atoms with Crippen LogP contribution < -0.4 is 10.1 Å². The third-order valence-electron chi connectivity index (χ3n) is 5.13. The highest BCUT2D eigenvalue weighted by molar-refractivity contribution is 7.99. The van der Waals surface area contributed by atoms with Crippen LogP contribution in [0.25, 0.3) is 33.5 Å². The molecule has 2 aromatic carbocycles. The number of nitrogens with zero attached hydrogens (tertiary/aromatic N) is 5. The molecular weight excluding hydrogens is 440 g/mol. The second kappa shape index (κ2) is 8.91. The highest BCUT2D eigenvalue weighted by atomic mass is 32.2. The zero-order chi connectivity index (χ0) is 22.8. The number of furan rings is 1. The van der Waals surface area contributed by atoms with Crippen LogP contribution >= 0.6 is 11.8 Å². The van der Waals surface area contributed by atoms with Crippen molar-refractivity contribution in [2.45, 2.75) is 18.6 Å². The Labute approximate surface area is 193 Å². The summed E-state index contributed by atoms with van der Waals surface area (Å²) in [6, 6.07) is 11.5. The zero-order valence-corrected chi connectivity index (χ0v) is 18.8. The molecule has 0 atom stereocenters. The third-order valence-corrected chi connectivity index (χ3v) is 6.10. The van der Waals surface area contributed by atoms with Crippen LogP contribution in [-0.2, 0) is 11.3 Å². The number of amides is 1. The molecular formula is C23H20N6O3S. The second-order valence-corrected chi connectivity index (χ2v) is 8.07. The number of ether oxygens (including phenoxy) is 1. The van der Waals surface area contributed by atoms with E-state index in [2.05, 4.69) is 25.5 Å². The van der Waals surface area contributed by atoms with Gasteiger partial charge in [-0.05, 0) is 19.1 Å². The lowest BCUT2D eigenvalue weighted by Gasteiger charge is -2.10. The first-order valence-corrected chi connectivity index (χ1v) is 11.3. The molecule has 5 aromatic rings. The fraction of sp³-hybridized carbons (Fsp3) is 0.174. The number of para-hydroxylation sites is 1. The average Bonchev–Trinajstić information content (AvgIpc) is 3.43. The molecule has 0 spiro atoms. The third kappa shape index (κ3) is 4.00. The summed E-state index contributed by atoms with van der Waals surface area (Å²) in [6.07, 6.45) is 4.85. The van der Waals surface area contributed by atoms with Crippen molar-refractivity contribution in [1.29, 1.82) is 0 Å². The summed E-state index contributed by atoms with van der Waals surface area (Å²) in [7, 11) is 1.57. The van der Waals surface area contributed by atoms with E-state index in [1.807, 2.05) is 41.8 Å². The Morgan fingerprint density at radius 1 is 1.15 bits per heavy atom. The number of methoxy groups -OCH3 is 1. The molecule has 0 unspecified atom stereocenters. The summed E-state index contributed by atoms with van der Waals surface area (Å²) in [5, 5.41) is 13.9. The first-order valence-electron chi connectivity index (χ1n) is 10.3. The van der Waals surface area contributed by atoms with E-state index in [9.17, 15) is 4.79 Å². The van der Waals surface area contributed by atoms with Crippen molar-refractivity contribution in [3.05, 3.63) is 55.0 Å². The molecule has 0 aliphatic heterocycles. The number of nitrogens with one attached hydrogen (secondary N) is 1. The van der Waals surface area contributed by atoms with E-state index < -0.39 is 0 Å². The van der Waals surface area contributed by atoms with Gasteiger partial charge in [0.1, 0.15) is 22.6 Å². The fourth-order valence-electron chi connectivity index (χ4n) is 3.62. The van der Waals surface area contributed by atoms with Crippen LogP contribution in [0.5, 0.6) is 5.75 Å². The standard InChI is InChI=1S/C23H20N6O3S/c1-3-29-22(17-12-24-8-9-25-17)27-28-23(29)33-13-21(30)26-16-11-19-15(10-20(16)31-2)14-6-4-5-7-18(14)32-19/h4-12H,3,13H2,1-2H3,(H,26,30). The predicted octanol–water partition coefficient (Wildman–Crippen LogP) is 4.39. The van der Waals surface area contributed by atoms with E-state index in [1.54, 1.807) is 31.8 Å². The Morgan fingerprint density at radius 3 is 2.82 bits per heavy atom. The zero-order valence-electron chi connectivity index (χ0n) is 18.0. The Bertz CT molecular complexity index is 1450. The number of carbonyl (C=O) groups excluding carboxylic acids is 1. The Morgan fingerprint density at radius 2 is 2.03 bits per heavy atom. The van der Waals surface area contributed by atoms with Crippen molar-refractivity contribution in [1.82, 2.24) is 24.7 Å². The molecule has 9 nitrogen and oxygen atoms in total. The van der Waals surface area contributed by atoms with Gasteiger partial charge >= 0.3 is 0 Å². The van der Waals surface area contributed by atoms with E-state index in [0.29, 0.717) is 40.2 Å². The summed E-state index contributed by atoms with van der Waals surface area (Å²) in [5.41, 5.74) is 2.64. The monoisotopic (exact) mass is 460 g/mol. The number of carbonyl (C=O) groups is 1. The molecule has 0 fully saturated rings. The molecule has 10 heteroatoms. The number of benzene rings is 2. The van der Waals surface area contributed by atoms with Crippen molar-refractivity contribution >= 4 is 45.3 Å². The first-order chi connectivity index (χ1) is 16.2. The minimum absolute atomic E-state index is 0.153. The lowest BCUT2D eigenvalue weighted by Crippen LogP contribution is -2.15. The van der Waals surface area contributed by atoms with Gasteiger partial charge in [0.2, 0.25) is 5.91 Å². The van der Waals surface area contributed by atoms with Crippen LogP contribution in [0.1, 0.15) is 6.92 Å². The summed E-state index contributed by atoms with van der Waals surface area (Å²) in [4.78, 5) is 21.1. The fourth-order valence-corrected chi connectivity index (χ4v) is 4.42. The van der Waals surface area contributed by atoms with E-state index in [-0.39, 0.29) is 11.7 Å². The molecule has 0 aliphatic carbocycles. The van der Waals surface area contributed by atoms with E-state index in [0.717, 1.165) is 16.4 Å². The van der Waals surface area contributed by atoms with Gasteiger partial charge in [-0.2, -0.15) is 0 Å². The Balaban J connectivity index is 1.34. The van der Waals surface area contributed by atoms with Crippen LogP contribution in [-0.4, -0.2) is 43.5 Å². The highest BCUT2D eigenvalue weighted by Gasteiger charge is 2.17. The molecule has 0 saturated heterocycles. The van der Waals surface area contributed by atoms with Gasteiger partial charge in [0.15, 0.2) is 11.0 Å². The number of thioether (sulfide) groups is 1. The first kappa shape index (κ1) is 21.0. The molecule has 0 radical (unpaired) electrons. The second-order valence-electron chi connectivity index (χ2n) is 7.12. The quantitative estimate of drug-likeness (QED) is 0.356. The van der Waals surface area contributed by atoms with E-state index in [4.69, 9.17) is 9.15 Å². The summed E-state index contributed by atoms with van der Waals surface area (Å²) >= 11 is 1.30. The van der Waals surface area contributed by atoms with Crippen LogP contribution in [0.15, 0.2) is 64.6 Å². The molecule has 33 heavy (non-hydrogen) atoms. The van der Waals surface area contributed by atoms with Gasteiger partial charge in [-0.3, -0.25) is 9.78 Å². The van der Waals surface area contributed by atoms with Crippen molar-refractivity contribution in [3.63, 3.8) is 0 Å². The summed E-state index contributed by atoms with van der Waals surface area (Å²) < 4.78 is 13.4. The normalized spacial score (nSPS) is 11.2. The van der Waals surface area contributed by atoms with Crippen LogP contribution in [0.4, 0.5) is 5.69 Å². The maximum Gasteiger partial charge on any atom is 0.234 e. The SMILES string of the molecule is CCn1c(SCC(=O)Nc2cc3oc4ccccc4c3cc2OC)nnc1-c1cnccn1. The molecule has 0 aliphatic rings. The number of hydrogen-bond donors (Lipinski definition) is 1. The minimum atomic E-state index is -0.194. The predicted molar refractivity (Wildman–Crippen MR) is 126 cm³/mol. The van der Waals surface area contributed by atoms with Gasteiger partial charge in [0.25, 0.3) is 0 Å². The number of fused-ring (bicyclic) bond motifs is 3. The van der Waals surface area contributed by atoms with Gasteiger partial charge in [0.05, 0.1) is 24.7 Å². The van der Waals surface area contributed by atoms with Crippen molar-refractivity contribution < 1.29 is 13.9 Å². The Kier molecular flexibility index (Phi) is 5.66.